The van der Waals surface area contributed by atoms with Gasteiger partial charge in [0.1, 0.15) is 0 Å². The van der Waals surface area contributed by atoms with Crippen LogP contribution in [0.2, 0.25) is 5.02 Å². The fourth-order valence-electron chi connectivity index (χ4n) is 2.15. The summed E-state index contributed by atoms with van der Waals surface area (Å²) in [6.45, 7) is 0. The topological polar surface area (TPSA) is 77.8 Å². The maximum absolute atomic E-state index is 5.97. The second kappa shape index (κ2) is 7.08. The molecule has 0 aliphatic rings. The molecule has 4 aromatic rings. The van der Waals surface area contributed by atoms with Crippen molar-refractivity contribution in [1.29, 1.82) is 0 Å². The predicted octanol–water partition coefficient (Wildman–Crippen LogP) is 4.73. The van der Waals surface area contributed by atoms with Crippen molar-refractivity contribution in [3.63, 3.8) is 0 Å². The first kappa shape index (κ1) is 15.9. The van der Waals surface area contributed by atoms with E-state index < -0.39 is 0 Å². The zero-order valence-electron chi connectivity index (χ0n) is 12.8. The van der Waals surface area contributed by atoms with Crippen molar-refractivity contribution in [3.05, 3.63) is 65.5 Å². The summed E-state index contributed by atoms with van der Waals surface area (Å²) in [5.74, 6) is 1.91. The SMILES string of the molecule is Clc1cccc(-c2nnc(SCc3nc(-c4ccccc4)no3)o2)c1. The summed E-state index contributed by atoms with van der Waals surface area (Å²) in [6, 6.07) is 16.9. The lowest BCUT2D eigenvalue weighted by molar-refractivity contribution is 0.391. The number of thioether (sulfide) groups is 1. The van der Waals surface area contributed by atoms with Gasteiger partial charge in [-0.05, 0) is 18.2 Å². The Morgan fingerprint density at radius 1 is 0.960 bits per heavy atom. The van der Waals surface area contributed by atoms with Crippen molar-refractivity contribution in [2.75, 3.05) is 0 Å². The Kier molecular flexibility index (Phi) is 4.49. The molecule has 0 saturated heterocycles. The Morgan fingerprint density at radius 2 is 1.80 bits per heavy atom. The molecular weight excluding hydrogens is 360 g/mol. The van der Waals surface area contributed by atoms with Crippen LogP contribution in [-0.2, 0) is 5.75 Å². The molecule has 0 aliphatic carbocycles. The Morgan fingerprint density at radius 3 is 2.64 bits per heavy atom. The smallest absolute Gasteiger partial charge is 0.277 e. The van der Waals surface area contributed by atoms with Gasteiger partial charge >= 0.3 is 0 Å². The molecule has 0 radical (unpaired) electrons. The molecule has 2 heterocycles. The molecular formula is C17H11ClN4O2S. The molecule has 0 aliphatic heterocycles. The third kappa shape index (κ3) is 3.72. The summed E-state index contributed by atoms with van der Waals surface area (Å²) < 4.78 is 10.9. The molecule has 4 rings (SSSR count). The van der Waals surface area contributed by atoms with Crippen LogP contribution >= 0.6 is 23.4 Å². The van der Waals surface area contributed by atoms with E-state index in [9.17, 15) is 0 Å². The number of nitrogens with zero attached hydrogens (tertiary/aromatic N) is 4. The summed E-state index contributed by atoms with van der Waals surface area (Å²) in [4.78, 5) is 4.37. The van der Waals surface area contributed by atoms with E-state index in [-0.39, 0.29) is 0 Å². The number of hydrogen-bond acceptors (Lipinski definition) is 7. The van der Waals surface area contributed by atoms with Gasteiger partial charge < -0.3 is 8.94 Å². The van der Waals surface area contributed by atoms with Crippen molar-refractivity contribution in [2.24, 2.45) is 0 Å². The highest BCUT2D eigenvalue weighted by molar-refractivity contribution is 7.98. The van der Waals surface area contributed by atoms with Gasteiger partial charge in [0.25, 0.3) is 5.22 Å². The largest absolute Gasteiger partial charge is 0.411 e. The van der Waals surface area contributed by atoms with E-state index in [2.05, 4.69) is 20.3 Å². The Labute approximate surface area is 152 Å². The quantitative estimate of drug-likeness (QED) is 0.470. The van der Waals surface area contributed by atoms with Crippen LogP contribution in [0.15, 0.2) is 68.8 Å². The van der Waals surface area contributed by atoms with Crippen molar-refractivity contribution in [2.45, 2.75) is 11.0 Å². The van der Waals surface area contributed by atoms with Crippen LogP contribution in [0.3, 0.4) is 0 Å². The minimum atomic E-state index is 0.417. The summed E-state index contributed by atoms with van der Waals surface area (Å²) >= 11 is 7.31. The summed E-state index contributed by atoms with van der Waals surface area (Å²) in [5.41, 5.74) is 1.68. The molecule has 25 heavy (non-hydrogen) atoms. The van der Waals surface area contributed by atoms with Crippen LogP contribution < -0.4 is 0 Å². The van der Waals surface area contributed by atoms with E-state index in [1.54, 1.807) is 12.1 Å². The van der Waals surface area contributed by atoms with E-state index in [1.165, 1.54) is 11.8 Å². The Balaban J connectivity index is 1.43. The minimum absolute atomic E-state index is 0.417. The Bertz CT molecular complexity index is 987. The standard InChI is InChI=1S/C17H11ClN4O2S/c18-13-8-4-7-12(9-13)16-20-21-17(23-16)25-10-14-19-15(22-24-14)11-5-2-1-3-6-11/h1-9H,10H2. The fourth-order valence-corrected chi connectivity index (χ4v) is 2.94. The number of aromatic nitrogens is 4. The highest BCUT2D eigenvalue weighted by atomic mass is 35.5. The summed E-state index contributed by atoms with van der Waals surface area (Å²) in [6.07, 6.45) is 0. The van der Waals surface area contributed by atoms with Gasteiger partial charge in [0, 0.05) is 16.1 Å². The number of halogens is 1. The Hall–Kier alpha value is -2.64. The zero-order chi connectivity index (χ0) is 17.1. The van der Waals surface area contributed by atoms with Crippen LogP contribution in [0.1, 0.15) is 5.89 Å². The number of hydrogen-bond donors (Lipinski definition) is 0. The minimum Gasteiger partial charge on any atom is -0.411 e. The van der Waals surface area contributed by atoms with E-state index >= 15 is 0 Å². The first-order valence-corrected chi connectivity index (χ1v) is 8.74. The highest BCUT2D eigenvalue weighted by Crippen LogP contribution is 2.27. The number of rotatable bonds is 5. The normalized spacial score (nSPS) is 10.9. The van der Waals surface area contributed by atoms with Crippen molar-refractivity contribution in [3.8, 4) is 22.8 Å². The lowest BCUT2D eigenvalue weighted by Crippen LogP contribution is -1.82. The molecule has 0 bridgehead atoms. The van der Waals surface area contributed by atoms with Crippen molar-refractivity contribution < 1.29 is 8.94 Å². The van der Waals surface area contributed by atoms with E-state index in [0.29, 0.717) is 33.6 Å². The molecule has 0 atom stereocenters. The monoisotopic (exact) mass is 370 g/mol. The predicted molar refractivity (Wildman–Crippen MR) is 94.0 cm³/mol. The lowest BCUT2D eigenvalue weighted by Gasteiger charge is -1.94. The zero-order valence-corrected chi connectivity index (χ0v) is 14.4. The first-order chi connectivity index (χ1) is 12.3. The molecule has 0 fully saturated rings. The molecule has 124 valence electrons. The number of benzene rings is 2. The average molecular weight is 371 g/mol. The van der Waals surface area contributed by atoms with Gasteiger partial charge in [-0.15, -0.1) is 10.2 Å². The second-order valence-electron chi connectivity index (χ2n) is 5.05. The van der Waals surface area contributed by atoms with Gasteiger partial charge in [0.05, 0.1) is 5.75 Å². The maximum atomic E-state index is 5.97. The van der Waals surface area contributed by atoms with Crippen LogP contribution in [0.25, 0.3) is 22.8 Å². The van der Waals surface area contributed by atoms with Gasteiger partial charge in [0.2, 0.25) is 17.6 Å². The van der Waals surface area contributed by atoms with Crippen LogP contribution in [-0.4, -0.2) is 20.3 Å². The first-order valence-electron chi connectivity index (χ1n) is 7.38. The fraction of sp³-hybridized carbons (Fsp3) is 0.0588. The molecule has 2 aromatic carbocycles. The van der Waals surface area contributed by atoms with E-state index in [1.807, 2.05) is 42.5 Å². The van der Waals surface area contributed by atoms with Crippen LogP contribution in [0.4, 0.5) is 0 Å². The summed E-state index contributed by atoms with van der Waals surface area (Å²) in [5, 5.41) is 13.1. The van der Waals surface area contributed by atoms with Gasteiger partial charge in [-0.2, -0.15) is 4.98 Å². The molecule has 0 saturated carbocycles. The molecule has 0 amide bonds. The molecule has 8 heteroatoms. The van der Waals surface area contributed by atoms with Gasteiger partial charge in [0.15, 0.2) is 0 Å². The van der Waals surface area contributed by atoms with E-state index in [0.717, 1.165) is 11.1 Å². The van der Waals surface area contributed by atoms with Crippen molar-refractivity contribution in [1.82, 2.24) is 20.3 Å². The highest BCUT2D eigenvalue weighted by Gasteiger charge is 2.13. The van der Waals surface area contributed by atoms with Gasteiger partial charge in [-0.3, -0.25) is 0 Å². The second-order valence-corrected chi connectivity index (χ2v) is 6.41. The average Bonchev–Trinajstić information content (AvgIpc) is 3.30. The molecule has 0 N–H and O–H groups in total. The maximum Gasteiger partial charge on any atom is 0.277 e. The third-order valence-corrected chi connectivity index (χ3v) is 4.34. The van der Waals surface area contributed by atoms with Gasteiger partial charge in [-0.1, -0.05) is 64.9 Å². The van der Waals surface area contributed by atoms with Gasteiger partial charge in [-0.25, -0.2) is 0 Å². The van der Waals surface area contributed by atoms with Crippen molar-refractivity contribution >= 4 is 23.4 Å². The molecule has 2 aromatic heterocycles. The van der Waals surface area contributed by atoms with Crippen LogP contribution in [0, 0.1) is 0 Å². The molecule has 0 unspecified atom stereocenters. The third-order valence-electron chi connectivity index (χ3n) is 3.30. The molecule has 6 nitrogen and oxygen atoms in total. The summed E-state index contributed by atoms with van der Waals surface area (Å²) in [7, 11) is 0. The molecule has 0 spiro atoms. The van der Waals surface area contributed by atoms with E-state index in [4.69, 9.17) is 20.5 Å². The lowest BCUT2D eigenvalue weighted by atomic mass is 10.2. The van der Waals surface area contributed by atoms with Crippen LogP contribution in [0.5, 0.6) is 0 Å².